The molecule has 1 nitrogen and oxygen atoms in total. The number of rotatable bonds is 3. The molecule has 1 rings (SSSR count). The Hall–Kier alpha value is -0.550. The fraction of sp³-hybridized carbons (Fsp3) is 0.333. The van der Waals surface area contributed by atoms with E-state index in [0.29, 0.717) is 5.56 Å². The van der Waals surface area contributed by atoms with Crippen molar-refractivity contribution in [2.75, 3.05) is 7.11 Å². The molecule has 6 heteroatoms. The lowest BCUT2D eigenvalue weighted by atomic mass is 10.2. The number of methoxy groups -OCH3 is 1. The zero-order chi connectivity index (χ0) is 11.5. The normalized spacial score (nSPS) is 11.5. The van der Waals surface area contributed by atoms with E-state index in [-0.39, 0.29) is 28.3 Å². The van der Waals surface area contributed by atoms with Crippen molar-refractivity contribution in [3.8, 4) is 5.75 Å². The van der Waals surface area contributed by atoms with E-state index in [9.17, 15) is 13.2 Å². The van der Waals surface area contributed by atoms with E-state index >= 15 is 0 Å². The smallest absolute Gasteiger partial charge is 0.446 e. The number of alkyl halides is 4. The minimum Gasteiger partial charge on any atom is -0.496 e. The molecule has 84 valence electrons. The fourth-order valence-electron chi connectivity index (χ4n) is 1.01. The van der Waals surface area contributed by atoms with Gasteiger partial charge in [-0.25, -0.2) is 0 Å². The Morgan fingerprint density at radius 1 is 1.40 bits per heavy atom. The average molecular weight is 257 g/mol. The number of halogens is 4. The lowest BCUT2D eigenvalue weighted by molar-refractivity contribution is -0.0328. The van der Waals surface area contributed by atoms with Crippen LogP contribution in [-0.2, 0) is 5.88 Å². The Bertz CT molecular complexity index is 341. The molecule has 0 aliphatic heterocycles. The highest BCUT2D eigenvalue weighted by atomic mass is 35.5. The molecule has 15 heavy (non-hydrogen) atoms. The summed E-state index contributed by atoms with van der Waals surface area (Å²) in [5.41, 5.74) is -3.69. The molecule has 0 radical (unpaired) electrons. The van der Waals surface area contributed by atoms with E-state index in [2.05, 4.69) is 0 Å². The van der Waals surface area contributed by atoms with E-state index in [1.165, 1.54) is 19.2 Å². The van der Waals surface area contributed by atoms with Crippen molar-refractivity contribution in [3.63, 3.8) is 0 Å². The maximum Gasteiger partial charge on any atom is 0.446 e. The van der Waals surface area contributed by atoms with Crippen molar-refractivity contribution < 1.29 is 17.9 Å². The molecular formula is C9H8ClF3OS. The van der Waals surface area contributed by atoms with Crippen LogP contribution in [0.4, 0.5) is 13.2 Å². The predicted molar refractivity (Wildman–Crippen MR) is 54.5 cm³/mol. The number of hydrogen-bond donors (Lipinski definition) is 0. The van der Waals surface area contributed by atoms with Crippen LogP contribution in [0.5, 0.6) is 5.75 Å². The summed E-state index contributed by atoms with van der Waals surface area (Å²) in [7, 11) is 1.33. The second-order valence-electron chi connectivity index (χ2n) is 2.67. The zero-order valence-corrected chi connectivity index (χ0v) is 9.34. The topological polar surface area (TPSA) is 9.23 Å². The Kier molecular flexibility index (Phi) is 4.16. The van der Waals surface area contributed by atoms with Crippen LogP contribution >= 0.6 is 23.4 Å². The largest absolute Gasteiger partial charge is 0.496 e. The molecule has 0 saturated carbocycles. The molecule has 0 amide bonds. The molecule has 0 spiro atoms. The van der Waals surface area contributed by atoms with Gasteiger partial charge in [-0.2, -0.15) is 13.2 Å². The molecule has 0 aromatic heterocycles. The average Bonchev–Trinajstić information content (AvgIpc) is 2.15. The highest BCUT2D eigenvalue weighted by Crippen LogP contribution is 2.41. The van der Waals surface area contributed by atoms with Crippen LogP contribution in [0.15, 0.2) is 23.1 Å². The molecule has 0 saturated heterocycles. The van der Waals surface area contributed by atoms with Crippen molar-refractivity contribution in [3.05, 3.63) is 23.8 Å². The van der Waals surface area contributed by atoms with Gasteiger partial charge in [-0.15, -0.1) is 11.6 Å². The number of hydrogen-bond acceptors (Lipinski definition) is 2. The SMILES string of the molecule is COc1ccc(CCl)cc1SC(F)(F)F. The molecule has 0 N–H and O–H groups in total. The van der Waals surface area contributed by atoms with Gasteiger partial charge in [-0.1, -0.05) is 6.07 Å². The lowest BCUT2D eigenvalue weighted by Crippen LogP contribution is -2.00. The molecule has 1 aromatic carbocycles. The van der Waals surface area contributed by atoms with Gasteiger partial charge >= 0.3 is 5.51 Å². The van der Waals surface area contributed by atoms with Gasteiger partial charge in [0.25, 0.3) is 0 Å². The first-order valence-corrected chi connectivity index (χ1v) is 5.30. The van der Waals surface area contributed by atoms with Crippen LogP contribution in [0.2, 0.25) is 0 Å². The van der Waals surface area contributed by atoms with Crippen LogP contribution in [-0.4, -0.2) is 12.6 Å². The lowest BCUT2D eigenvalue weighted by Gasteiger charge is -2.11. The van der Waals surface area contributed by atoms with Crippen molar-refractivity contribution >= 4 is 23.4 Å². The Labute approximate surface area is 94.6 Å². The van der Waals surface area contributed by atoms with Gasteiger partial charge in [-0.05, 0) is 29.5 Å². The van der Waals surface area contributed by atoms with Crippen LogP contribution in [0, 0.1) is 0 Å². The van der Waals surface area contributed by atoms with Crippen LogP contribution < -0.4 is 4.74 Å². The van der Waals surface area contributed by atoms with Crippen molar-refractivity contribution in [1.82, 2.24) is 0 Å². The van der Waals surface area contributed by atoms with E-state index in [1.54, 1.807) is 6.07 Å². The Morgan fingerprint density at radius 3 is 2.53 bits per heavy atom. The second kappa shape index (κ2) is 4.99. The van der Waals surface area contributed by atoms with Gasteiger partial charge in [0, 0.05) is 5.88 Å². The van der Waals surface area contributed by atoms with Gasteiger partial charge in [0.2, 0.25) is 0 Å². The van der Waals surface area contributed by atoms with E-state index < -0.39 is 5.51 Å². The minimum absolute atomic E-state index is 0.0307. The summed E-state index contributed by atoms with van der Waals surface area (Å²) in [6, 6.07) is 4.49. The zero-order valence-electron chi connectivity index (χ0n) is 7.77. The van der Waals surface area contributed by atoms with Gasteiger partial charge < -0.3 is 4.74 Å². The Balaban J connectivity index is 3.01. The minimum atomic E-state index is -4.32. The highest BCUT2D eigenvalue weighted by Gasteiger charge is 2.30. The molecule has 0 unspecified atom stereocenters. The third-order valence-corrected chi connectivity index (χ3v) is 2.69. The maximum atomic E-state index is 12.2. The monoisotopic (exact) mass is 256 g/mol. The first-order valence-electron chi connectivity index (χ1n) is 3.95. The maximum absolute atomic E-state index is 12.2. The molecule has 0 atom stereocenters. The molecule has 0 aliphatic rings. The fourth-order valence-corrected chi connectivity index (χ4v) is 1.89. The van der Waals surface area contributed by atoms with E-state index in [0.717, 1.165) is 0 Å². The quantitative estimate of drug-likeness (QED) is 0.596. The molecular weight excluding hydrogens is 249 g/mol. The summed E-state index contributed by atoms with van der Waals surface area (Å²) in [6.07, 6.45) is 0. The predicted octanol–water partition coefficient (Wildman–Crippen LogP) is 4.05. The van der Waals surface area contributed by atoms with Gasteiger partial charge in [0.05, 0.1) is 12.0 Å². The second-order valence-corrected chi connectivity index (χ2v) is 4.04. The van der Waals surface area contributed by atoms with Gasteiger partial charge in [0.15, 0.2) is 0 Å². The summed E-state index contributed by atoms with van der Waals surface area (Å²) in [5, 5.41) is 0. The summed E-state index contributed by atoms with van der Waals surface area (Å²) < 4.78 is 41.3. The molecule has 0 aliphatic carbocycles. The van der Waals surface area contributed by atoms with Gasteiger partial charge in [-0.3, -0.25) is 0 Å². The number of thioether (sulfide) groups is 1. The van der Waals surface area contributed by atoms with E-state index in [1.807, 2.05) is 0 Å². The number of ether oxygens (including phenoxy) is 1. The van der Waals surface area contributed by atoms with Crippen LogP contribution in [0.1, 0.15) is 5.56 Å². The first-order chi connectivity index (χ1) is 6.96. The van der Waals surface area contributed by atoms with Crippen molar-refractivity contribution in [2.24, 2.45) is 0 Å². The van der Waals surface area contributed by atoms with Gasteiger partial charge in [0.1, 0.15) is 5.75 Å². The summed E-state index contributed by atoms with van der Waals surface area (Å²) in [5.74, 6) is 0.376. The van der Waals surface area contributed by atoms with E-state index in [4.69, 9.17) is 16.3 Å². The third-order valence-electron chi connectivity index (χ3n) is 1.61. The molecule has 0 bridgehead atoms. The molecule has 1 aromatic rings. The highest BCUT2D eigenvalue weighted by molar-refractivity contribution is 8.00. The molecule has 0 heterocycles. The third kappa shape index (κ3) is 3.83. The van der Waals surface area contributed by atoms with Crippen LogP contribution in [0.25, 0.3) is 0 Å². The standard InChI is InChI=1S/C9H8ClF3OS/c1-14-7-3-2-6(5-10)4-8(7)15-9(11,12)13/h2-4H,5H2,1H3. The summed E-state index contributed by atoms with van der Waals surface area (Å²) >= 11 is 5.33. The van der Waals surface area contributed by atoms with Crippen molar-refractivity contribution in [2.45, 2.75) is 16.3 Å². The summed E-state index contributed by atoms with van der Waals surface area (Å²) in [4.78, 5) is 0.0307. The molecule has 0 fully saturated rings. The Morgan fingerprint density at radius 2 is 2.07 bits per heavy atom. The van der Waals surface area contributed by atoms with Crippen molar-refractivity contribution in [1.29, 1.82) is 0 Å². The number of benzene rings is 1. The summed E-state index contributed by atoms with van der Waals surface area (Å²) in [6.45, 7) is 0. The van der Waals surface area contributed by atoms with Crippen LogP contribution in [0.3, 0.4) is 0 Å². The first kappa shape index (κ1) is 12.5.